The summed E-state index contributed by atoms with van der Waals surface area (Å²) in [6, 6.07) is 11.3. The first-order valence-corrected chi connectivity index (χ1v) is 10.6. The molecule has 0 aromatic heterocycles. The highest BCUT2D eigenvalue weighted by Crippen LogP contribution is 2.24. The molecule has 6 heteroatoms. The molecule has 2 N–H and O–H groups in total. The zero-order valence-electron chi connectivity index (χ0n) is 17.3. The second-order valence-corrected chi connectivity index (χ2v) is 7.98. The van der Waals surface area contributed by atoms with Gasteiger partial charge in [0, 0.05) is 45.3 Å². The van der Waals surface area contributed by atoms with Crippen molar-refractivity contribution in [3.63, 3.8) is 0 Å². The summed E-state index contributed by atoms with van der Waals surface area (Å²) in [5.41, 5.74) is 1.79. The molecular formula is C22H34N6. The quantitative estimate of drug-likeness (QED) is 0.585. The molecule has 1 aromatic carbocycles. The summed E-state index contributed by atoms with van der Waals surface area (Å²) in [6.45, 7) is 3.83. The Morgan fingerprint density at radius 2 is 2.04 bits per heavy atom. The molecule has 2 aliphatic rings. The number of nitrogens with zero attached hydrogens (tertiary/aromatic N) is 4. The van der Waals surface area contributed by atoms with Gasteiger partial charge in [-0.25, -0.2) is 0 Å². The van der Waals surface area contributed by atoms with Gasteiger partial charge in [-0.2, -0.15) is 5.26 Å². The standard InChI is InChI=1S/C22H34N6/c1-24-22(25-13-15-27(2)20-10-4-5-11-20)26-19-9-7-14-28(17-19)21-12-6-3-8-18(21)16-23/h3,6,8,12,19-20H,4-5,7,9-11,13-15,17H2,1-2H3,(H2,24,25,26). The van der Waals surface area contributed by atoms with Crippen molar-refractivity contribution in [1.82, 2.24) is 15.5 Å². The normalized spacial score (nSPS) is 21.0. The molecule has 1 unspecified atom stereocenters. The first kappa shape index (κ1) is 20.5. The number of piperidine rings is 1. The molecule has 1 aromatic rings. The van der Waals surface area contributed by atoms with E-state index in [-0.39, 0.29) is 0 Å². The summed E-state index contributed by atoms with van der Waals surface area (Å²) in [6.07, 6.45) is 7.65. The molecule has 0 radical (unpaired) electrons. The lowest BCUT2D eigenvalue weighted by Gasteiger charge is -2.36. The van der Waals surface area contributed by atoms with Gasteiger partial charge in [-0.1, -0.05) is 25.0 Å². The van der Waals surface area contributed by atoms with E-state index in [9.17, 15) is 5.26 Å². The highest BCUT2D eigenvalue weighted by molar-refractivity contribution is 5.80. The molecule has 1 heterocycles. The Hall–Kier alpha value is -2.26. The van der Waals surface area contributed by atoms with E-state index in [1.165, 1.54) is 25.7 Å². The molecule has 1 saturated heterocycles. The van der Waals surface area contributed by atoms with E-state index in [0.717, 1.165) is 62.3 Å². The second kappa shape index (κ2) is 10.3. The smallest absolute Gasteiger partial charge is 0.191 e. The number of likely N-dealkylation sites (N-methyl/N-ethyl adjacent to an activating group) is 1. The third kappa shape index (κ3) is 5.39. The van der Waals surface area contributed by atoms with E-state index in [0.29, 0.717) is 6.04 Å². The lowest BCUT2D eigenvalue weighted by molar-refractivity contribution is 0.249. The Bertz CT molecular complexity index is 689. The van der Waals surface area contributed by atoms with Crippen LogP contribution in [0.5, 0.6) is 0 Å². The molecule has 152 valence electrons. The van der Waals surface area contributed by atoms with Crippen molar-refractivity contribution in [2.45, 2.75) is 50.6 Å². The van der Waals surface area contributed by atoms with E-state index in [2.05, 4.69) is 38.5 Å². The summed E-state index contributed by atoms with van der Waals surface area (Å²) < 4.78 is 0. The van der Waals surface area contributed by atoms with Crippen LogP contribution in [-0.2, 0) is 0 Å². The van der Waals surface area contributed by atoms with E-state index < -0.39 is 0 Å². The maximum atomic E-state index is 9.39. The minimum absolute atomic E-state index is 0.333. The number of rotatable bonds is 6. The van der Waals surface area contributed by atoms with E-state index in [4.69, 9.17) is 0 Å². The maximum absolute atomic E-state index is 9.39. The molecule has 1 atom stereocenters. The molecule has 0 bridgehead atoms. The fourth-order valence-electron chi connectivity index (χ4n) is 4.42. The second-order valence-electron chi connectivity index (χ2n) is 7.98. The van der Waals surface area contributed by atoms with Crippen LogP contribution in [0.15, 0.2) is 29.3 Å². The Labute approximate surface area is 169 Å². The van der Waals surface area contributed by atoms with Crippen molar-refractivity contribution in [3.05, 3.63) is 29.8 Å². The van der Waals surface area contributed by atoms with Gasteiger partial charge in [0.25, 0.3) is 0 Å². The van der Waals surface area contributed by atoms with E-state index in [1.807, 2.05) is 31.3 Å². The zero-order chi connectivity index (χ0) is 19.8. The van der Waals surface area contributed by atoms with Crippen LogP contribution in [0.3, 0.4) is 0 Å². The molecule has 0 spiro atoms. The van der Waals surface area contributed by atoms with Crippen LogP contribution in [-0.4, -0.2) is 63.2 Å². The van der Waals surface area contributed by atoms with Crippen LogP contribution >= 0.6 is 0 Å². The minimum Gasteiger partial charge on any atom is -0.368 e. The Morgan fingerprint density at radius 1 is 1.25 bits per heavy atom. The third-order valence-corrected chi connectivity index (χ3v) is 6.06. The first-order valence-electron chi connectivity index (χ1n) is 10.6. The molecule has 1 aliphatic heterocycles. The predicted octanol–water partition coefficient (Wildman–Crippen LogP) is 2.57. The fraction of sp³-hybridized carbons (Fsp3) is 0.636. The SMILES string of the molecule is CN=C(NCCN(C)C1CCCC1)NC1CCCN(c2ccccc2C#N)C1. The number of hydrogen-bond donors (Lipinski definition) is 2. The first-order chi connectivity index (χ1) is 13.7. The Balaban J connectivity index is 1.48. The van der Waals surface area contributed by atoms with Crippen LogP contribution in [0.25, 0.3) is 0 Å². The van der Waals surface area contributed by atoms with Gasteiger partial charge in [-0.3, -0.25) is 4.99 Å². The average molecular weight is 383 g/mol. The summed E-state index contributed by atoms with van der Waals surface area (Å²) in [5, 5.41) is 16.5. The summed E-state index contributed by atoms with van der Waals surface area (Å²) in [5.74, 6) is 0.875. The van der Waals surface area contributed by atoms with Gasteiger partial charge < -0.3 is 20.4 Å². The largest absolute Gasteiger partial charge is 0.368 e. The summed E-state index contributed by atoms with van der Waals surface area (Å²) >= 11 is 0. The van der Waals surface area contributed by atoms with Crippen molar-refractivity contribution in [2.24, 2.45) is 4.99 Å². The molecule has 3 rings (SSSR count). The number of benzene rings is 1. The highest BCUT2D eigenvalue weighted by atomic mass is 15.2. The molecule has 0 amide bonds. The van der Waals surface area contributed by atoms with Crippen LogP contribution in [0.4, 0.5) is 5.69 Å². The Morgan fingerprint density at radius 3 is 2.79 bits per heavy atom. The van der Waals surface area contributed by atoms with Crippen molar-refractivity contribution in [2.75, 3.05) is 45.2 Å². The van der Waals surface area contributed by atoms with Crippen molar-refractivity contribution in [1.29, 1.82) is 5.26 Å². The fourth-order valence-corrected chi connectivity index (χ4v) is 4.42. The Kier molecular flexibility index (Phi) is 7.55. The molecule has 1 saturated carbocycles. The van der Waals surface area contributed by atoms with Gasteiger partial charge in [0.1, 0.15) is 6.07 Å². The van der Waals surface area contributed by atoms with E-state index >= 15 is 0 Å². The van der Waals surface area contributed by atoms with Crippen molar-refractivity contribution < 1.29 is 0 Å². The predicted molar refractivity (Wildman–Crippen MR) is 116 cm³/mol. The van der Waals surface area contributed by atoms with Gasteiger partial charge >= 0.3 is 0 Å². The maximum Gasteiger partial charge on any atom is 0.191 e. The van der Waals surface area contributed by atoms with Crippen LogP contribution in [0, 0.1) is 11.3 Å². The molecule has 2 fully saturated rings. The van der Waals surface area contributed by atoms with Crippen LogP contribution < -0.4 is 15.5 Å². The average Bonchev–Trinajstić information content (AvgIpc) is 3.28. The van der Waals surface area contributed by atoms with Gasteiger partial charge in [0.15, 0.2) is 5.96 Å². The highest BCUT2D eigenvalue weighted by Gasteiger charge is 2.23. The lowest BCUT2D eigenvalue weighted by atomic mass is 10.0. The lowest BCUT2D eigenvalue weighted by Crippen LogP contribution is -2.52. The van der Waals surface area contributed by atoms with Gasteiger partial charge in [-0.15, -0.1) is 0 Å². The number of para-hydroxylation sites is 1. The number of nitrogens with one attached hydrogen (secondary N) is 2. The van der Waals surface area contributed by atoms with Gasteiger partial charge in [0.2, 0.25) is 0 Å². The zero-order valence-corrected chi connectivity index (χ0v) is 17.3. The summed E-state index contributed by atoms with van der Waals surface area (Å²) in [7, 11) is 4.07. The number of aliphatic imine (C=N–C) groups is 1. The van der Waals surface area contributed by atoms with Crippen LogP contribution in [0.1, 0.15) is 44.1 Å². The van der Waals surface area contributed by atoms with E-state index in [1.54, 1.807) is 0 Å². The van der Waals surface area contributed by atoms with Gasteiger partial charge in [0.05, 0.1) is 11.3 Å². The van der Waals surface area contributed by atoms with Crippen molar-refractivity contribution >= 4 is 11.6 Å². The number of anilines is 1. The molecular weight excluding hydrogens is 348 g/mol. The van der Waals surface area contributed by atoms with Crippen LogP contribution in [0.2, 0.25) is 0 Å². The third-order valence-electron chi connectivity index (χ3n) is 6.06. The minimum atomic E-state index is 0.333. The van der Waals surface area contributed by atoms with Crippen molar-refractivity contribution in [3.8, 4) is 6.07 Å². The number of hydrogen-bond acceptors (Lipinski definition) is 4. The topological polar surface area (TPSA) is 66.7 Å². The monoisotopic (exact) mass is 382 g/mol. The molecule has 1 aliphatic carbocycles. The summed E-state index contributed by atoms with van der Waals surface area (Å²) in [4.78, 5) is 9.21. The number of guanidine groups is 1. The van der Waals surface area contributed by atoms with Gasteiger partial charge in [-0.05, 0) is 44.9 Å². The molecule has 6 nitrogen and oxygen atoms in total. The molecule has 28 heavy (non-hydrogen) atoms. The number of nitriles is 1.